The minimum Gasteiger partial charge on any atom is -0.388 e. The van der Waals surface area contributed by atoms with Crippen LogP contribution in [0.4, 0.5) is 13.2 Å². The highest BCUT2D eigenvalue weighted by molar-refractivity contribution is 7.99. The summed E-state index contributed by atoms with van der Waals surface area (Å²) in [5, 5.41) is 36.4. The Hall–Kier alpha value is -0.630. The van der Waals surface area contributed by atoms with Crippen LogP contribution in [-0.4, -0.2) is 94.8 Å². The Morgan fingerprint density at radius 3 is 2.46 bits per heavy atom. The highest BCUT2D eigenvalue weighted by Gasteiger charge is 2.54. The summed E-state index contributed by atoms with van der Waals surface area (Å²) in [6, 6.07) is -2.53. The number of fused-ring (bicyclic) bond motifs is 1. The summed E-state index contributed by atoms with van der Waals surface area (Å²) in [5.74, 6) is -1.68. The van der Waals surface area contributed by atoms with Crippen LogP contribution in [0.15, 0.2) is 0 Å². The van der Waals surface area contributed by atoms with E-state index in [0.717, 1.165) is 37.9 Å². The van der Waals surface area contributed by atoms with Crippen LogP contribution >= 0.6 is 11.8 Å². The Balaban J connectivity index is 1.77. The summed E-state index contributed by atoms with van der Waals surface area (Å²) < 4.78 is 53.0. The summed E-state index contributed by atoms with van der Waals surface area (Å²) in [6.45, 7) is 6.23. The molecule has 3 heterocycles. The molecule has 1 amide bonds. The number of amides is 1. The summed E-state index contributed by atoms with van der Waals surface area (Å²) in [6.07, 6.45) is -7.38. The molecule has 0 aromatic rings. The van der Waals surface area contributed by atoms with E-state index in [0.29, 0.717) is 25.0 Å². The molecular weight excluding hydrogens is 489 g/mol. The largest absolute Gasteiger partial charge is 0.393 e. The number of nitrogens with one attached hydrogen (secondary N) is 2. The molecule has 0 bridgehead atoms. The lowest BCUT2D eigenvalue weighted by Gasteiger charge is -2.45. The van der Waals surface area contributed by atoms with Crippen molar-refractivity contribution in [2.75, 3.05) is 19.4 Å². The minimum absolute atomic E-state index is 0.0739. The van der Waals surface area contributed by atoms with Crippen molar-refractivity contribution in [2.24, 2.45) is 23.7 Å². The number of aliphatic hydroxyl groups is 3. The molecule has 3 aliphatic heterocycles. The fraction of sp³-hybridized carbons (Fsp3) is 0.957. The second-order valence-corrected chi connectivity index (χ2v) is 11.5. The maximum absolute atomic E-state index is 13.8. The smallest absolute Gasteiger partial charge is 0.388 e. The van der Waals surface area contributed by atoms with Crippen molar-refractivity contribution in [3.63, 3.8) is 0 Å². The fourth-order valence-corrected chi connectivity index (χ4v) is 6.27. The molecule has 3 rings (SSSR count). The predicted octanol–water partition coefficient (Wildman–Crippen LogP) is 1.27. The van der Waals surface area contributed by atoms with Crippen molar-refractivity contribution >= 4 is 17.7 Å². The highest BCUT2D eigenvalue weighted by atomic mass is 32.2. The first kappa shape index (κ1) is 28.9. The van der Waals surface area contributed by atoms with Crippen molar-refractivity contribution in [1.29, 1.82) is 0 Å². The van der Waals surface area contributed by atoms with Crippen molar-refractivity contribution in [3.05, 3.63) is 0 Å². The number of carbonyl (C=O) groups excluding carboxylic acids is 1. The van der Waals surface area contributed by atoms with Gasteiger partial charge in [0.1, 0.15) is 35.9 Å². The van der Waals surface area contributed by atoms with E-state index in [1.807, 2.05) is 0 Å². The van der Waals surface area contributed by atoms with Crippen LogP contribution in [0.25, 0.3) is 0 Å². The first-order chi connectivity index (χ1) is 16.3. The molecule has 0 spiro atoms. The zero-order chi connectivity index (χ0) is 26.1. The molecule has 0 saturated carbocycles. The van der Waals surface area contributed by atoms with E-state index in [2.05, 4.69) is 24.5 Å². The lowest BCUT2D eigenvalue weighted by atomic mass is 9.85. The van der Waals surface area contributed by atoms with Gasteiger partial charge in [-0.15, -0.1) is 11.8 Å². The Morgan fingerprint density at radius 2 is 1.86 bits per heavy atom. The van der Waals surface area contributed by atoms with Crippen LogP contribution < -0.4 is 10.6 Å². The number of rotatable bonds is 7. The molecule has 3 unspecified atom stereocenters. The SMILES string of the molecule is CSC1O[C@H]([C@H](NC(=O)[C@H]2NC[C@@H]3C[C@H](CC(C)C)CCO[C@H]32)C(C)C(F)(F)F)C(O)[C@@H](O)[C@H]1O. The topological polar surface area (TPSA) is 120 Å². The number of thioether (sulfide) groups is 1. The van der Waals surface area contributed by atoms with E-state index in [1.54, 1.807) is 6.26 Å². The second-order valence-electron chi connectivity index (χ2n) is 10.5. The van der Waals surface area contributed by atoms with Gasteiger partial charge in [-0.05, 0) is 43.3 Å². The molecule has 11 atom stereocenters. The fourth-order valence-electron chi connectivity index (χ4n) is 5.59. The van der Waals surface area contributed by atoms with E-state index in [-0.39, 0.29) is 5.92 Å². The van der Waals surface area contributed by atoms with Crippen molar-refractivity contribution in [2.45, 2.75) is 94.2 Å². The van der Waals surface area contributed by atoms with E-state index < -0.39 is 66.0 Å². The third-order valence-corrected chi connectivity index (χ3v) is 8.36. The van der Waals surface area contributed by atoms with Crippen molar-refractivity contribution < 1.29 is 42.8 Å². The number of hydrogen-bond acceptors (Lipinski definition) is 8. The molecule has 3 aliphatic rings. The molecule has 0 aromatic carbocycles. The highest BCUT2D eigenvalue weighted by Crippen LogP contribution is 2.37. The first-order valence-corrected chi connectivity index (χ1v) is 13.6. The number of alkyl halides is 3. The predicted molar refractivity (Wildman–Crippen MR) is 125 cm³/mol. The van der Waals surface area contributed by atoms with Gasteiger partial charge < -0.3 is 35.4 Å². The monoisotopic (exact) mass is 528 g/mol. The molecule has 0 aromatic heterocycles. The first-order valence-electron chi connectivity index (χ1n) is 12.3. The normalized spacial score (nSPS) is 40.1. The van der Waals surface area contributed by atoms with Gasteiger partial charge in [0, 0.05) is 13.2 Å². The molecule has 0 radical (unpaired) electrons. The second kappa shape index (κ2) is 11.8. The summed E-state index contributed by atoms with van der Waals surface area (Å²) in [4.78, 5) is 13.3. The van der Waals surface area contributed by atoms with Crippen LogP contribution in [0.2, 0.25) is 0 Å². The number of hydrogen-bond donors (Lipinski definition) is 5. The number of aliphatic hydroxyl groups excluding tert-OH is 3. The zero-order valence-corrected chi connectivity index (χ0v) is 21.4. The maximum atomic E-state index is 13.8. The minimum atomic E-state index is -4.70. The summed E-state index contributed by atoms with van der Waals surface area (Å²) >= 11 is 0.996. The van der Waals surface area contributed by atoms with E-state index >= 15 is 0 Å². The number of carbonyl (C=O) groups is 1. The Kier molecular flexibility index (Phi) is 9.78. The lowest BCUT2D eigenvalue weighted by Crippen LogP contribution is -2.66. The Labute approximate surface area is 208 Å². The molecule has 8 nitrogen and oxygen atoms in total. The number of ether oxygens (including phenoxy) is 2. The van der Waals surface area contributed by atoms with Gasteiger partial charge in [0.2, 0.25) is 5.91 Å². The van der Waals surface area contributed by atoms with E-state index in [9.17, 15) is 33.3 Å². The van der Waals surface area contributed by atoms with Gasteiger partial charge in [-0.25, -0.2) is 0 Å². The summed E-state index contributed by atoms with van der Waals surface area (Å²) in [5.41, 5.74) is -1.06. The molecule has 3 saturated heterocycles. The number of halogens is 3. The van der Waals surface area contributed by atoms with E-state index in [1.165, 1.54) is 0 Å². The zero-order valence-electron chi connectivity index (χ0n) is 20.6. The summed E-state index contributed by atoms with van der Waals surface area (Å²) in [7, 11) is 0. The maximum Gasteiger partial charge on any atom is 0.393 e. The average Bonchev–Trinajstić information content (AvgIpc) is 3.06. The average molecular weight is 529 g/mol. The van der Waals surface area contributed by atoms with Crippen LogP contribution in [0.5, 0.6) is 0 Å². The van der Waals surface area contributed by atoms with Crippen LogP contribution in [0, 0.1) is 23.7 Å². The van der Waals surface area contributed by atoms with Gasteiger partial charge in [-0.2, -0.15) is 13.2 Å². The third kappa shape index (κ3) is 6.63. The van der Waals surface area contributed by atoms with Gasteiger partial charge in [-0.1, -0.05) is 20.8 Å². The van der Waals surface area contributed by atoms with Gasteiger partial charge in [0.15, 0.2) is 0 Å². The quantitative estimate of drug-likeness (QED) is 0.335. The van der Waals surface area contributed by atoms with Crippen molar-refractivity contribution in [1.82, 2.24) is 10.6 Å². The van der Waals surface area contributed by atoms with Gasteiger partial charge in [0.05, 0.1) is 18.1 Å². The molecular formula is C23H39F3N2O6S. The molecule has 0 aliphatic carbocycles. The Morgan fingerprint density at radius 1 is 1.17 bits per heavy atom. The van der Waals surface area contributed by atoms with Gasteiger partial charge in [-0.3, -0.25) is 4.79 Å². The van der Waals surface area contributed by atoms with Crippen LogP contribution in [0.3, 0.4) is 0 Å². The standard InChI is InChI=1S/C23H39F3N2O6S/c1-10(2)7-12-5-6-33-19-13(8-12)9-27-15(19)21(32)28-14(11(3)23(24,25)26)20-17(30)16(29)18(31)22(34-20)35-4/h10-20,22,27,29-31H,5-9H2,1-4H3,(H,28,32)/t11?,12-,13-,14+,15-,16+,17?,18+,19+,20+,22?/m0/s1. The molecule has 35 heavy (non-hydrogen) atoms. The Bertz CT molecular complexity index is 715. The lowest BCUT2D eigenvalue weighted by molar-refractivity contribution is -0.231. The van der Waals surface area contributed by atoms with Crippen LogP contribution in [-0.2, 0) is 14.3 Å². The van der Waals surface area contributed by atoms with E-state index in [4.69, 9.17) is 9.47 Å². The van der Waals surface area contributed by atoms with Crippen LogP contribution in [0.1, 0.15) is 40.0 Å². The molecule has 3 fully saturated rings. The van der Waals surface area contributed by atoms with Crippen molar-refractivity contribution in [3.8, 4) is 0 Å². The van der Waals surface area contributed by atoms with Gasteiger partial charge in [0.25, 0.3) is 0 Å². The van der Waals surface area contributed by atoms with Gasteiger partial charge >= 0.3 is 6.18 Å². The molecule has 12 heteroatoms. The molecule has 5 N–H and O–H groups in total. The molecule has 204 valence electrons. The third-order valence-electron chi connectivity index (χ3n) is 7.51.